The molecule has 2 aromatic rings. The molecule has 0 bridgehead atoms. The van der Waals surface area contributed by atoms with E-state index in [1.807, 2.05) is 12.1 Å². The van der Waals surface area contributed by atoms with Crippen molar-refractivity contribution in [3.8, 4) is 0 Å². The van der Waals surface area contributed by atoms with E-state index in [9.17, 15) is 9.59 Å². The van der Waals surface area contributed by atoms with Crippen molar-refractivity contribution in [2.75, 3.05) is 0 Å². The van der Waals surface area contributed by atoms with Crippen LogP contribution in [0.3, 0.4) is 0 Å². The second-order valence-corrected chi connectivity index (χ2v) is 3.91. The van der Waals surface area contributed by atoms with Crippen LogP contribution >= 0.6 is 0 Å². The minimum absolute atomic E-state index is 0.376. The Morgan fingerprint density at radius 1 is 1.28 bits per heavy atom. The van der Waals surface area contributed by atoms with Gasteiger partial charge in [-0.1, -0.05) is 18.2 Å². The average Bonchev–Trinajstić information content (AvgIpc) is 2.37. The van der Waals surface area contributed by atoms with Crippen LogP contribution in [0.4, 0.5) is 0 Å². The molecular formula is C13H12N2O3. The fraction of sp³-hybridized carbons (Fsp3) is 0.154. The lowest BCUT2D eigenvalue weighted by molar-refractivity contribution is -0.138. The fourth-order valence-electron chi connectivity index (χ4n) is 1.62. The second kappa shape index (κ2) is 4.83. The van der Waals surface area contributed by atoms with Crippen molar-refractivity contribution in [2.45, 2.75) is 13.0 Å². The van der Waals surface area contributed by atoms with Crippen LogP contribution in [0.15, 0.2) is 36.5 Å². The van der Waals surface area contributed by atoms with Crippen LogP contribution in [0.5, 0.6) is 0 Å². The molecule has 0 spiro atoms. The van der Waals surface area contributed by atoms with Crippen molar-refractivity contribution >= 4 is 22.8 Å². The monoisotopic (exact) mass is 244 g/mol. The minimum Gasteiger partial charge on any atom is -0.480 e. The summed E-state index contributed by atoms with van der Waals surface area (Å²) in [5, 5.41) is 12.0. The number of fused-ring (bicyclic) bond motifs is 1. The van der Waals surface area contributed by atoms with E-state index in [0.717, 1.165) is 5.39 Å². The van der Waals surface area contributed by atoms with Crippen molar-refractivity contribution in [3.63, 3.8) is 0 Å². The number of carboxylic acids is 1. The first-order chi connectivity index (χ1) is 8.59. The Morgan fingerprint density at radius 3 is 2.72 bits per heavy atom. The third-order valence-electron chi connectivity index (χ3n) is 2.60. The number of hydrogen-bond donors (Lipinski definition) is 2. The van der Waals surface area contributed by atoms with Gasteiger partial charge in [-0.15, -0.1) is 0 Å². The molecule has 1 amide bonds. The maximum atomic E-state index is 12.0. The summed E-state index contributed by atoms with van der Waals surface area (Å²) in [6.45, 7) is 1.42. The number of amides is 1. The lowest BCUT2D eigenvalue weighted by atomic mass is 10.1. The third-order valence-corrected chi connectivity index (χ3v) is 2.60. The summed E-state index contributed by atoms with van der Waals surface area (Å²) < 4.78 is 0. The van der Waals surface area contributed by atoms with Crippen molar-refractivity contribution < 1.29 is 14.7 Å². The number of rotatable bonds is 3. The van der Waals surface area contributed by atoms with E-state index in [-0.39, 0.29) is 0 Å². The number of hydrogen-bond acceptors (Lipinski definition) is 3. The van der Waals surface area contributed by atoms with Crippen LogP contribution in [-0.2, 0) is 4.79 Å². The van der Waals surface area contributed by atoms with Crippen molar-refractivity contribution in [2.24, 2.45) is 0 Å². The first-order valence-electron chi connectivity index (χ1n) is 5.47. The molecule has 1 aromatic heterocycles. The van der Waals surface area contributed by atoms with E-state index < -0.39 is 17.9 Å². The van der Waals surface area contributed by atoms with Gasteiger partial charge in [0.15, 0.2) is 0 Å². The summed E-state index contributed by atoms with van der Waals surface area (Å²) in [6.07, 6.45) is 1.60. The molecule has 0 aliphatic heterocycles. The van der Waals surface area contributed by atoms with Gasteiger partial charge >= 0.3 is 5.97 Å². The number of para-hydroxylation sites is 1. The first-order valence-corrected chi connectivity index (χ1v) is 5.47. The van der Waals surface area contributed by atoms with E-state index in [4.69, 9.17) is 5.11 Å². The number of nitrogens with zero attached hydrogens (tertiary/aromatic N) is 1. The van der Waals surface area contributed by atoms with Crippen LogP contribution in [0, 0.1) is 0 Å². The molecule has 0 saturated heterocycles. The van der Waals surface area contributed by atoms with Crippen LogP contribution in [0.2, 0.25) is 0 Å². The van der Waals surface area contributed by atoms with Gasteiger partial charge in [-0.2, -0.15) is 0 Å². The van der Waals surface area contributed by atoms with E-state index in [2.05, 4.69) is 10.3 Å². The minimum atomic E-state index is -1.07. The van der Waals surface area contributed by atoms with Gasteiger partial charge in [0.1, 0.15) is 6.04 Å². The molecule has 0 fully saturated rings. The Bertz CT molecular complexity index is 605. The highest BCUT2D eigenvalue weighted by atomic mass is 16.4. The third kappa shape index (κ3) is 2.29. The molecule has 5 nitrogen and oxygen atoms in total. The summed E-state index contributed by atoms with van der Waals surface area (Å²) in [4.78, 5) is 26.8. The van der Waals surface area contributed by atoms with Gasteiger partial charge in [0.05, 0.1) is 11.1 Å². The molecule has 18 heavy (non-hydrogen) atoms. The Hall–Kier alpha value is -2.43. The van der Waals surface area contributed by atoms with E-state index in [0.29, 0.717) is 11.1 Å². The lowest BCUT2D eigenvalue weighted by Crippen LogP contribution is -2.38. The molecule has 0 aliphatic carbocycles. The smallest absolute Gasteiger partial charge is 0.325 e. The Balaban J connectivity index is 2.36. The van der Waals surface area contributed by atoms with Crippen LogP contribution < -0.4 is 5.32 Å². The van der Waals surface area contributed by atoms with Gasteiger partial charge in [0, 0.05) is 11.6 Å². The van der Waals surface area contributed by atoms with E-state index >= 15 is 0 Å². The summed E-state index contributed by atoms with van der Waals surface area (Å²) in [5.74, 6) is -1.51. The molecule has 1 heterocycles. The largest absolute Gasteiger partial charge is 0.480 e. The Labute approximate surface area is 103 Å². The molecule has 1 atom stereocenters. The zero-order valence-corrected chi connectivity index (χ0v) is 9.75. The predicted octanol–water partition coefficient (Wildman–Crippen LogP) is 1.44. The highest BCUT2D eigenvalue weighted by Gasteiger charge is 2.17. The second-order valence-electron chi connectivity index (χ2n) is 3.91. The SMILES string of the molecule is CC(NC(=O)c1cccc2cccnc12)C(=O)O. The number of aromatic nitrogens is 1. The van der Waals surface area contributed by atoms with E-state index in [1.165, 1.54) is 6.92 Å². The van der Waals surface area contributed by atoms with Gasteiger partial charge in [-0.25, -0.2) is 0 Å². The highest BCUT2D eigenvalue weighted by Crippen LogP contribution is 2.15. The van der Waals surface area contributed by atoms with Gasteiger partial charge < -0.3 is 10.4 Å². The topological polar surface area (TPSA) is 79.3 Å². The van der Waals surface area contributed by atoms with Crippen LogP contribution in [-0.4, -0.2) is 28.0 Å². The number of benzene rings is 1. The Morgan fingerprint density at radius 2 is 2.00 bits per heavy atom. The van der Waals surface area contributed by atoms with Gasteiger partial charge in [0.25, 0.3) is 5.91 Å². The number of pyridine rings is 1. The number of carbonyl (C=O) groups is 2. The predicted molar refractivity (Wildman–Crippen MR) is 66.3 cm³/mol. The van der Waals surface area contributed by atoms with Crippen LogP contribution in [0.1, 0.15) is 17.3 Å². The van der Waals surface area contributed by atoms with Crippen molar-refractivity contribution in [1.29, 1.82) is 0 Å². The molecule has 2 rings (SSSR count). The molecule has 2 N–H and O–H groups in total. The standard InChI is InChI=1S/C13H12N2O3/c1-8(13(17)18)15-12(16)10-6-2-4-9-5-3-7-14-11(9)10/h2-8H,1H3,(H,15,16)(H,17,18). The highest BCUT2D eigenvalue weighted by molar-refractivity contribution is 6.06. The van der Waals surface area contributed by atoms with Gasteiger partial charge in [0.2, 0.25) is 0 Å². The average molecular weight is 244 g/mol. The van der Waals surface area contributed by atoms with Crippen molar-refractivity contribution in [1.82, 2.24) is 10.3 Å². The summed E-state index contributed by atoms with van der Waals surface area (Å²) >= 11 is 0. The maximum absolute atomic E-state index is 12.0. The molecule has 0 radical (unpaired) electrons. The maximum Gasteiger partial charge on any atom is 0.325 e. The van der Waals surface area contributed by atoms with Gasteiger partial charge in [-0.05, 0) is 19.1 Å². The van der Waals surface area contributed by atoms with Crippen LogP contribution in [0.25, 0.3) is 10.9 Å². The quantitative estimate of drug-likeness (QED) is 0.856. The first kappa shape index (κ1) is 12.0. The summed E-state index contributed by atoms with van der Waals surface area (Å²) in [7, 11) is 0. The molecule has 1 aromatic carbocycles. The summed E-state index contributed by atoms with van der Waals surface area (Å²) in [6, 6.07) is 7.91. The zero-order chi connectivity index (χ0) is 13.1. The number of aliphatic carboxylic acids is 1. The van der Waals surface area contributed by atoms with Gasteiger partial charge in [-0.3, -0.25) is 14.6 Å². The number of carbonyl (C=O) groups excluding carboxylic acids is 1. The molecule has 1 unspecified atom stereocenters. The fourth-order valence-corrected chi connectivity index (χ4v) is 1.62. The zero-order valence-electron chi connectivity index (χ0n) is 9.75. The van der Waals surface area contributed by atoms with E-state index in [1.54, 1.807) is 24.4 Å². The number of nitrogens with one attached hydrogen (secondary N) is 1. The molecular weight excluding hydrogens is 232 g/mol. The lowest BCUT2D eigenvalue weighted by Gasteiger charge is -2.10. The summed E-state index contributed by atoms with van der Waals surface area (Å²) in [5.41, 5.74) is 0.941. The number of carboxylic acid groups (broad SMARTS) is 1. The normalized spacial score (nSPS) is 12.1. The molecule has 92 valence electrons. The molecule has 5 heteroatoms. The molecule has 0 aliphatic rings. The molecule has 0 saturated carbocycles. The van der Waals surface area contributed by atoms with Crippen molar-refractivity contribution in [3.05, 3.63) is 42.1 Å². The Kier molecular flexibility index (Phi) is 3.23.